The third-order valence-electron chi connectivity index (χ3n) is 14.4. The highest BCUT2D eigenvalue weighted by Gasteiger charge is 2.52. The molecule has 0 unspecified atom stereocenters. The van der Waals surface area contributed by atoms with E-state index in [4.69, 9.17) is 0 Å². The molecule has 10 aromatic carbocycles. The summed E-state index contributed by atoms with van der Waals surface area (Å²) in [6.45, 7) is 7.06. The molecule has 10 aromatic rings. The SMILES string of the molecule is CC(C)(C)c1cc2c3c(c1)C(c1ccccc1)(c1ccccc1)c1cc(-c4ccccc4)ccc1B3c1ccc(-c3ccccc3)cc1N2c1c(-c2ccccc2)cccc1-c1ccccc1. The quantitative estimate of drug-likeness (QED) is 0.144. The molecule has 0 fully saturated rings. The first-order valence-electron chi connectivity index (χ1n) is 23.6. The van der Waals surface area contributed by atoms with Crippen LogP contribution in [-0.2, 0) is 10.8 Å². The van der Waals surface area contributed by atoms with Crippen molar-refractivity contribution < 1.29 is 0 Å². The van der Waals surface area contributed by atoms with Crippen molar-refractivity contribution in [2.45, 2.75) is 31.6 Å². The molecule has 12 rings (SSSR count). The van der Waals surface area contributed by atoms with Gasteiger partial charge in [0.2, 0.25) is 6.71 Å². The molecule has 0 spiro atoms. The van der Waals surface area contributed by atoms with Gasteiger partial charge in [-0.3, -0.25) is 0 Å². The van der Waals surface area contributed by atoms with Crippen molar-refractivity contribution in [1.82, 2.24) is 0 Å². The number of benzene rings is 10. The summed E-state index contributed by atoms with van der Waals surface area (Å²) in [5.74, 6) is 0. The number of fused-ring (bicyclic) bond motifs is 4. The first-order chi connectivity index (χ1) is 32.9. The fraction of sp³-hybridized carbons (Fsp3) is 0.0769. The lowest BCUT2D eigenvalue weighted by molar-refractivity contribution is 0.587. The Kier molecular flexibility index (Phi) is 9.80. The van der Waals surface area contributed by atoms with E-state index in [1.165, 1.54) is 106 Å². The highest BCUT2D eigenvalue weighted by Crippen LogP contribution is 2.53. The lowest BCUT2D eigenvalue weighted by Crippen LogP contribution is -2.65. The number of hydrogen-bond acceptors (Lipinski definition) is 1. The molecule has 0 radical (unpaired) electrons. The fourth-order valence-electron chi connectivity index (χ4n) is 11.2. The predicted octanol–water partition coefficient (Wildman–Crippen LogP) is 14.6. The van der Waals surface area contributed by atoms with Crippen LogP contribution in [0, 0.1) is 0 Å². The number of anilines is 3. The lowest BCUT2D eigenvalue weighted by atomic mass is 9.29. The molecular weight excluding hydrogens is 806 g/mol. The van der Waals surface area contributed by atoms with Gasteiger partial charge in [-0.05, 0) is 89.7 Å². The summed E-state index contributed by atoms with van der Waals surface area (Å²) in [6.07, 6.45) is 0. The van der Waals surface area contributed by atoms with Crippen molar-refractivity contribution in [2.75, 3.05) is 4.90 Å². The van der Waals surface area contributed by atoms with E-state index in [2.05, 4.69) is 274 Å². The maximum atomic E-state index is 2.67. The molecule has 0 aromatic heterocycles. The van der Waals surface area contributed by atoms with Crippen LogP contribution in [0.15, 0.2) is 249 Å². The van der Waals surface area contributed by atoms with Crippen molar-refractivity contribution in [1.29, 1.82) is 0 Å². The van der Waals surface area contributed by atoms with Crippen LogP contribution < -0.4 is 21.3 Å². The largest absolute Gasteiger partial charge is 0.310 e. The molecule has 318 valence electrons. The summed E-state index contributed by atoms with van der Waals surface area (Å²) in [6, 6.07) is 93.0. The molecule has 67 heavy (non-hydrogen) atoms. The number of rotatable bonds is 7. The molecule has 2 heteroatoms. The molecule has 1 nitrogen and oxygen atoms in total. The Labute approximate surface area is 395 Å². The molecule has 0 atom stereocenters. The second-order valence-electron chi connectivity index (χ2n) is 19.2. The minimum atomic E-state index is -0.668. The first-order valence-corrected chi connectivity index (χ1v) is 23.6. The summed E-state index contributed by atoms with van der Waals surface area (Å²) in [5.41, 5.74) is 22.7. The summed E-state index contributed by atoms with van der Waals surface area (Å²) in [5, 5.41) is 0. The molecule has 0 aliphatic carbocycles. The molecular formula is C65H50BN. The lowest BCUT2D eigenvalue weighted by Gasteiger charge is -2.49. The molecule has 2 aliphatic heterocycles. The van der Waals surface area contributed by atoms with E-state index in [0.29, 0.717) is 0 Å². The molecule has 2 heterocycles. The monoisotopic (exact) mass is 855 g/mol. The third kappa shape index (κ3) is 6.62. The van der Waals surface area contributed by atoms with E-state index in [0.717, 1.165) is 0 Å². The Morgan fingerprint density at radius 2 is 0.806 bits per heavy atom. The molecule has 0 N–H and O–H groups in total. The first kappa shape index (κ1) is 40.6. The summed E-state index contributed by atoms with van der Waals surface area (Å²) >= 11 is 0. The van der Waals surface area contributed by atoms with E-state index < -0.39 is 5.41 Å². The van der Waals surface area contributed by atoms with Gasteiger partial charge < -0.3 is 4.90 Å². The van der Waals surface area contributed by atoms with Gasteiger partial charge in [0.05, 0.1) is 11.1 Å². The topological polar surface area (TPSA) is 3.24 Å². The van der Waals surface area contributed by atoms with Gasteiger partial charge in [-0.15, -0.1) is 0 Å². The Balaban J connectivity index is 1.29. The van der Waals surface area contributed by atoms with Crippen LogP contribution in [0.5, 0.6) is 0 Å². The average Bonchev–Trinajstić information content (AvgIpc) is 3.39. The van der Waals surface area contributed by atoms with Crippen LogP contribution >= 0.6 is 0 Å². The molecule has 2 aliphatic rings. The van der Waals surface area contributed by atoms with Crippen LogP contribution in [-0.4, -0.2) is 6.71 Å². The van der Waals surface area contributed by atoms with E-state index in [1.807, 2.05) is 0 Å². The summed E-state index contributed by atoms with van der Waals surface area (Å²) in [4.78, 5) is 2.67. The van der Waals surface area contributed by atoms with Gasteiger partial charge in [-0.1, -0.05) is 263 Å². The smallest absolute Gasteiger partial charge is 0.247 e. The Hall–Kier alpha value is -7.94. The number of para-hydroxylation sites is 1. The van der Waals surface area contributed by atoms with Crippen LogP contribution in [0.25, 0.3) is 44.5 Å². The average molecular weight is 856 g/mol. The van der Waals surface area contributed by atoms with Crippen LogP contribution in [0.3, 0.4) is 0 Å². The van der Waals surface area contributed by atoms with E-state index in [9.17, 15) is 0 Å². The Morgan fingerprint density at radius 1 is 0.358 bits per heavy atom. The second-order valence-corrected chi connectivity index (χ2v) is 19.2. The molecule has 0 saturated heterocycles. The van der Waals surface area contributed by atoms with Gasteiger partial charge in [0.25, 0.3) is 0 Å². The maximum absolute atomic E-state index is 2.67. The normalized spacial score (nSPS) is 13.4. The van der Waals surface area contributed by atoms with E-state index >= 15 is 0 Å². The maximum Gasteiger partial charge on any atom is 0.247 e. The summed E-state index contributed by atoms with van der Waals surface area (Å²) < 4.78 is 0. The van der Waals surface area contributed by atoms with Crippen molar-refractivity contribution in [3.63, 3.8) is 0 Å². The zero-order valence-electron chi connectivity index (χ0n) is 38.2. The van der Waals surface area contributed by atoms with Gasteiger partial charge in [-0.2, -0.15) is 0 Å². The van der Waals surface area contributed by atoms with Crippen LogP contribution in [0.4, 0.5) is 17.1 Å². The number of nitrogens with zero attached hydrogens (tertiary/aromatic N) is 1. The van der Waals surface area contributed by atoms with Gasteiger partial charge in [0.1, 0.15) is 0 Å². The van der Waals surface area contributed by atoms with Gasteiger partial charge in [-0.25, -0.2) is 0 Å². The Bertz CT molecular complexity index is 3320. The van der Waals surface area contributed by atoms with Crippen molar-refractivity contribution in [2.24, 2.45) is 0 Å². The standard InChI is InChI=1S/C65H50BN/c1-64(2,3)53-43-57-62-61(44-53)67(63-54(47-27-14-6-15-28-47)35-22-36-55(63)48-29-16-7-17-30-48)60-42-50(46-25-12-5-13-26-46)38-40-59(60)66(62)58-39-37-49(45-23-10-4-11-24-45)41-56(58)65(57,51-31-18-8-19-32-51)52-33-20-9-21-34-52/h4-44H,1-3H3. The zero-order chi connectivity index (χ0) is 45.1. The minimum absolute atomic E-state index is 0.0560. The molecule has 0 bridgehead atoms. The van der Waals surface area contributed by atoms with Crippen LogP contribution in [0.1, 0.15) is 48.6 Å². The minimum Gasteiger partial charge on any atom is -0.310 e. The predicted molar refractivity (Wildman–Crippen MR) is 285 cm³/mol. The highest BCUT2D eigenvalue weighted by atomic mass is 15.2. The molecule has 0 saturated carbocycles. The highest BCUT2D eigenvalue weighted by molar-refractivity contribution is 6.99. The van der Waals surface area contributed by atoms with E-state index in [1.54, 1.807) is 0 Å². The molecule has 0 amide bonds. The fourth-order valence-corrected chi connectivity index (χ4v) is 11.2. The van der Waals surface area contributed by atoms with Gasteiger partial charge in [0.15, 0.2) is 0 Å². The van der Waals surface area contributed by atoms with E-state index in [-0.39, 0.29) is 12.1 Å². The third-order valence-corrected chi connectivity index (χ3v) is 14.4. The van der Waals surface area contributed by atoms with Crippen molar-refractivity contribution in [3.8, 4) is 44.5 Å². The zero-order valence-corrected chi connectivity index (χ0v) is 38.2. The van der Waals surface area contributed by atoms with Gasteiger partial charge >= 0.3 is 0 Å². The van der Waals surface area contributed by atoms with Gasteiger partial charge in [0, 0.05) is 22.5 Å². The van der Waals surface area contributed by atoms with Crippen LogP contribution in [0.2, 0.25) is 0 Å². The second kappa shape index (κ2) is 16.2. The number of hydrogen-bond donors (Lipinski definition) is 0. The Morgan fingerprint density at radius 3 is 1.30 bits per heavy atom. The summed E-state index contributed by atoms with van der Waals surface area (Å²) in [7, 11) is 0. The van der Waals surface area contributed by atoms with Crippen molar-refractivity contribution >= 4 is 40.2 Å². The van der Waals surface area contributed by atoms with Crippen molar-refractivity contribution in [3.05, 3.63) is 277 Å².